The molecule has 26 heavy (non-hydrogen) atoms. The van der Waals surface area contributed by atoms with Gasteiger partial charge in [-0.15, -0.1) is 0 Å². The molecule has 1 aliphatic heterocycles. The number of hydrogen-bond acceptors (Lipinski definition) is 5. The van der Waals surface area contributed by atoms with Crippen molar-refractivity contribution in [3.8, 4) is 0 Å². The minimum Gasteiger partial charge on any atom is -0.378 e. The van der Waals surface area contributed by atoms with Crippen molar-refractivity contribution in [2.75, 3.05) is 36.5 Å². The Morgan fingerprint density at radius 3 is 2.77 bits per heavy atom. The Morgan fingerprint density at radius 2 is 1.92 bits per heavy atom. The molecule has 1 N–H and O–H groups in total. The minimum atomic E-state index is -0.243. The van der Waals surface area contributed by atoms with Gasteiger partial charge < -0.3 is 15.0 Å². The van der Waals surface area contributed by atoms with E-state index in [4.69, 9.17) is 16.3 Å². The molecule has 6 nitrogen and oxygen atoms in total. The van der Waals surface area contributed by atoms with Crippen molar-refractivity contribution >= 4 is 39.9 Å². The second-order valence-corrected chi connectivity index (χ2v) is 6.38. The van der Waals surface area contributed by atoms with Crippen LogP contribution < -0.4 is 10.2 Å². The van der Waals surface area contributed by atoms with Crippen molar-refractivity contribution in [1.82, 2.24) is 9.97 Å². The summed E-state index contributed by atoms with van der Waals surface area (Å²) >= 11 is 6.16. The van der Waals surface area contributed by atoms with Gasteiger partial charge in [0.2, 0.25) is 0 Å². The van der Waals surface area contributed by atoms with E-state index in [1.807, 2.05) is 18.2 Å². The van der Waals surface area contributed by atoms with Gasteiger partial charge in [0.05, 0.1) is 35.7 Å². The van der Waals surface area contributed by atoms with Gasteiger partial charge in [-0.05, 0) is 30.3 Å². The van der Waals surface area contributed by atoms with E-state index in [1.54, 1.807) is 30.6 Å². The highest BCUT2D eigenvalue weighted by Crippen LogP contribution is 2.30. The Kier molecular flexibility index (Phi) is 4.69. The number of aromatic nitrogens is 2. The smallest absolute Gasteiger partial charge is 0.257 e. The van der Waals surface area contributed by atoms with E-state index < -0.39 is 0 Å². The van der Waals surface area contributed by atoms with E-state index in [0.717, 1.165) is 18.8 Å². The highest BCUT2D eigenvalue weighted by Gasteiger charge is 2.18. The summed E-state index contributed by atoms with van der Waals surface area (Å²) in [5.41, 5.74) is 3.33. The van der Waals surface area contributed by atoms with E-state index in [-0.39, 0.29) is 5.91 Å². The number of ether oxygens (including phenoxy) is 1. The summed E-state index contributed by atoms with van der Waals surface area (Å²) in [4.78, 5) is 23.6. The Labute approximate surface area is 155 Å². The van der Waals surface area contributed by atoms with Crippen LogP contribution in [0.3, 0.4) is 0 Å². The van der Waals surface area contributed by atoms with Crippen LogP contribution in [0.2, 0.25) is 5.02 Å². The summed E-state index contributed by atoms with van der Waals surface area (Å²) in [6.45, 7) is 2.86. The molecule has 0 spiro atoms. The molecule has 0 aliphatic carbocycles. The van der Waals surface area contributed by atoms with Crippen molar-refractivity contribution in [2.24, 2.45) is 0 Å². The molecule has 0 unspecified atom stereocenters. The van der Waals surface area contributed by atoms with Gasteiger partial charge in [0.15, 0.2) is 0 Å². The van der Waals surface area contributed by atoms with Crippen LogP contribution in [-0.2, 0) is 4.74 Å². The molecule has 1 aliphatic rings. The molecule has 4 rings (SSSR count). The maximum Gasteiger partial charge on any atom is 0.257 e. The summed E-state index contributed by atoms with van der Waals surface area (Å²) in [6.07, 6.45) is 3.19. The number of anilines is 2. The maximum atomic E-state index is 12.9. The lowest BCUT2D eigenvalue weighted by Gasteiger charge is -2.30. The van der Waals surface area contributed by atoms with E-state index in [2.05, 4.69) is 20.2 Å². The fourth-order valence-corrected chi connectivity index (χ4v) is 3.23. The molecular formula is C19H17ClN4O2. The van der Waals surface area contributed by atoms with Crippen LogP contribution in [0.25, 0.3) is 11.0 Å². The number of para-hydroxylation sites is 1. The van der Waals surface area contributed by atoms with Crippen LogP contribution in [0.15, 0.2) is 48.8 Å². The van der Waals surface area contributed by atoms with Gasteiger partial charge in [0.25, 0.3) is 5.91 Å². The van der Waals surface area contributed by atoms with Crippen LogP contribution in [0.1, 0.15) is 10.4 Å². The summed E-state index contributed by atoms with van der Waals surface area (Å²) < 4.78 is 5.41. The van der Waals surface area contributed by atoms with Crippen molar-refractivity contribution < 1.29 is 9.53 Å². The molecule has 132 valence electrons. The summed E-state index contributed by atoms with van der Waals surface area (Å²) in [5, 5.41) is 3.55. The third-order valence-electron chi connectivity index (χ3n) is 4.30. The van der Waals surface area contributed by atoms with E-state index in [1.165, 1.54) is 0 Å². The Bertz CT molecular complexity index is 952. The van der Waals surface area contributed by atoms with Gasteiger partial charge in [0.1, 0.15) is 5.52 Å². The van der Waals surface area contributed by atoms with Crippen LogP contribution in [0, 0.1) is 0 Å². The minimum absolute atomic E-state index is 0.243. The first-order chi connectivity index (χ1) is 12.7. The van der Waals surface area contributed by atoms with Crippen molar-refractivity contribution in [3.05, 3.63) is 59.4 Å². The average molecular weight is 369 g/mol. The summed E-state index contributed by atoms with van der Waals surface area (Å²) in [6, 6.07) is 10.9. The number of rotatable bonds is 3. The first-order valence-corrected chi connectivity index (χ1v) is 8.73. The molecule has 1 fully saturated rings. The molecule has 0 bridgehead atoms. The van der Waals surface area contributed by atoms with Crippen molar-refractivity contribution in [3.63, 3.8) is 0 Å². The number of halogens is 1. The molecule has 2 aromatic carbocycles. The Balaban J connectivity index is 1.68. The number of morpholine rings is 1. The third kappa shape index (κ3) is 3.34. The predicted octanol–water partition coefficient (Wildman–Crippen LogP) is 3.37. The standard InChI is InChI=1S/C19H17ClN4O2/c20-13-4-5-17(24-8-10-26-11-9-24)16(12-13)23-19(25)14-2-1-3-15-18(14)22-7-6-21-15/h1-7,12H,8-11H2,(H,23,25). The lowest BCUT2D eigenvalue weighted by atomic mass is 10.1. The first kappa shape index (κ1) is 16.8. The van der Waals surface area contributed by atoms with Crippen molar-refractivity contribution in [2.45, 2.75) is 0 Å². The number of benzene rings is 2. The highest BCUT2D eigenvalue weighted by molar-refractivity contribution is 6.31. The molecule has 1 amide bonds. The van der Waals surface area contributed by atoms with Gasteiger partial charge in [-0.3, -0.25) is 14.8 Å². The predicted molar refractivity (Wildman–Crippen MR) is 102 cm³/mol. The topological polar surface area (TPSA) is 67.4 Å². The lowest BCUT2D eigenvalue weighted by molar-refractivity contribution is 0.102. The SMILES string of the molecule is O=C(Nc1cc(Cl)ccc1N1CCOCC1)c1cccc2nccnc12. The number of fused-ring (bicyclic) bond motifs is 1. The third-order valence-corrected chi connectivity index (χ3v) is 4.54. The monoisotopic (exact) mass is 368 g/mol. The quantitative estimate of drug-likeness (QED) is 0.767. The van der Waals surface area contributed by atoms with Crippen LogP contribution in [0.4, 0.5) is 11.4 Å². The molecule has 7 heteroatoms. The summed E-state index contributed by atoms with van der Waals surface area (Å²) in [7, 11) is 0. The first-order valence-electron chi connectivity index (χ1n) is 8.36. The van der Waals surface area contributed by atoms with Crippen molar-refractivity contribution in [1.29, 1.82) is 0 Å². The lowest BCUT2D eigenvalue weighted by Crippen LogP contribution is -2.36. The van der Waals surface area contributed by atoms with Gasteiger partial charge in [0, 0.05) is 30.5 Å². The zero-order valence-corrected chi connectivity index (χ0v) is 14.7. The zero-order chi connectivity index (χ0) is 17.9. The Morgan fingerprint density at radius 1 is 1.12 bits per heavy atom. The highest BCUT2D eigenvalue weighted by atomic mass is 35.5. The normalized spacial score (nSPS) is 14.4. The van der Waals surface area contributed by atoms with Gasteiger partial charge in [-0.2, -0.15) is 0 Å². The number of carbonyl (C=O) groups excluding carboxylic acids is 1. The van der Waals surface area contributed by atoms with E-state index in [9.17, 15) is 4.79 Å². The molecule has 0 atom stereocenters. The van der Waals surface area contributed by atoms with Crippen LogP contribution in [-0.4, -0.2) is 42.2 Å². The van der Waals surface area contributed by atoms with Gasteiger partial charge >= 0.3 is 0 Å². The number of nitrogens with one attached hydrogen (secondary N) is 1. The summed E-state index contributed by atoms with van der Waals surface area (Å²) in [5.74, 6) is -0.243. The number of nitrogens with zero attached hydrogens (tertiary/aromatic N) is 3. The molecule has 3 aromatic rings. The van der Waals surface area contributed by atoms with Crippen LogP contribution >= 0.6 is 11.6 Å². The van der Waals surface area contributed by atoms with Gasteiger partial charge in [-0.25, -0.2) is 0 Å². The van der Waals surface area contributed by atoms with Gasteiger partial charge in [-0.1, -0.05) is 17.7 Å². The molecule has 2 heterocycles. The molecular weight excluding hydrogens is 352 g/mol. The molecule has 0 radical (unpaired) electrons. The largest absolute Gasteiger partial charge is 0.378 e. The molecule has 0 saturated carbocycles. The van der Waals surface area contributed by atoms with Crippen LogP contribution in [0.5, 0.6) is 0 Å². The number of amides is 1. The second kappa shape index (κ2) is 7.27. The van der Waals surface area contributed by atoms with E-state index in [0.29, 0.717) is 40.5 Å². The number of carbonyl (C=O) groups is 1. The fraction of sp³-hybridized carbons (Fsp3) is 0.211. The average Bonchev–Trinajstić information content (AvgIpc) is 2.68. The second-order valence-electron chi connectivity index (χ2n) is 5.94. The zero-order valence-electron chi connectivity index (χ0n) is 14.0. The molecule has 1 aromatic heterocycles. The maximum absolute atomic E-state index is 12.9. The fourth-order valence-electron chi connectivity index (χ4n) is 3.05. The van der Waals surface area contributed by atoms with E-state index >= 15 is 0 Å². The molecule has 1 saturated heterocycles. The Hall–Kier alpha value is -2.70. The number of hydrogen-bond donors (Lipinski definition) is 1.